The van der Waals surface area contributed by atoms with Gasteiger partial charge in [-0.3, -0.25) is 4.90 Å². The number of ether oxygens (including phenoxy) is 1. The van der Waals surface area contributed by atoms with Gasteiger partial charge >= 0.3 is 5.97 Å². The van der Waals surface area contributed by atoms with Gasteiger partial charge in [-0.25, -0.2) is 18.2 Å². The molecule has 0 spiro atoms. The molecule has 9 nitrogen and oxygen atoms in total. The zero-order valence-corrected chi connectivity index (χ0v) is 17.9. The standard InChI is InChI=1S/C21H23N3O6S/c1-2-28-21(25)17-8-9-20(30-17)31(26,27)24-12-10-23(11-13-24)15-19-22-14-18(29-19)16-6-4-3-5-7-16/h3-9,14H,2,10-13,15H2,1H3. The second-order valence-corrected chi connectivity index (χ2v) is 8.87. The van der Waals surface area contributed by atoms with Gasteiger partial charge in [-0.05, 0) is 19.1 Å². The van der Waals surface area contributed by atoms with Crippen LogP contribution in [0, 0.1) is 0 Å². The number of carbonyl (C=O) groups excluding carboxylic acids is 1. The molecule has 0 unspecified atom stereocenters. The Morgan fingerprint density at radius 3 is 2.52 bits per heavy atom. The Labute approximate surface area is 180 Å². The van der Waals surface area contributed by atoms with Crippen molar-refractivity contribution in [3.8, 4) is 11.3 Å². The average molecular weight is 445 g/mol. The number of furan rings is 1. The molecule has 4 rings (SSSR count). The average Bonchev–Trinajstić information content (AvgIpc) is 3.46. The molecule has 0 aliphatic carbocycles. The van der Waals surface area contributed by atoms with Crippen LogP contribution in [0.25, 0.3) is 11.3 Å². The van der Waals surface area contributed by atoms with Crippen molar-refractivity contribution in [1.82, 2.24) is 14.2 Å². The van der Waals surface area contributed by atoms with Gasteiger partial charge in [0.25, 0.3) is 10.0 Å². The largest absolute Gasteiger partial charge is 0.460 e. The molecule has 0 atom stereocenters. The molecule has 0 bridgehead atoms. The molecular formula is C21H23N3O6S. The van der Waals surface area contributed by atoms with Gasteiger partial charge in [0.05, 0.1) is 19.3 Å². The van der Waals surface area contributed by atoms with E-state index in [0.29, 0.717) is 44.4 Å². The van der Waals surface area contributed by atoms with Crippen molar-refractivity contribution in [2.45, 2.75) is 18.6 Å². The molecule has 0 saturated carbocycles. The van der Waals surface area contributed by atoms with Crippen LogP contribution in [0.2, 0.25) is 0 Å². The van der Waals surface area contributed by atoms with Crippen LogP contribution in [-0.2, 0) is 21.3 Å². The van der Waals surface area contributed by atoms with Crippen molar-refractivity contribution in [3.05, 3.63) is 60.3 Å². The van der Waals surface area contributed by atoms with Crippen LogP contribution in [-0.4, -0.2) is 61.4 Å². The summed E-state index contributed by atoms with van der Waals surface area (Å²) in [5, 5.41) is -0.260. The maximum atomic E-state index is 12.8. The van der Waals surface area contributed by atoms with Crippen LogP contribution in [0.4, 0.5) is 0 Å². The van der Waals surface area contributed by atoms with Gasteiger partial charge in [-0.1, -0.05) is 30.3 Å². The molecular weight excluding hydrogens is 422 g/mol. The van der Waals surface area contributed by atoms with Crippen molar-refractivity contribution in [1.29, 1.82) is 0 Å². The van der Waals surface area contributed by atoms with Crippen molar-refractivity contribution in [3.63, 3.8) is 0 Å². The maximum Gasteiger partial charge on any atom is 0.374 e. The quantitative estimate of drug-likeness (QED) is 0.511. The summed E-state index contributed by atoms with van der Waals surface area (Å²) in [5.74, 6) is 0.471. The van der Waals surface area contributed by atoms with Gasteiger partial charge in [-0.2, -0.15) is 4.31 Å². The van der Waals surface area contributed by atoms with Gasteiger partial charge in [0.2, 0.25) is 16.7 Å². The lowest BCUT2D eigenvalue weighted by atomic mass is 10.2. The van der Waals surface area contributed by atoms with Crippen LogP contribution < -0.4 is 0 Å². The smallest absolute Gasteiger partial charge is 0.374 e. The first-order valence-electron chi connectivity index (χ1n) is 9.97. The zero-order valence-electron chi connectivity index (χ0n) is 17.1. The van der Waals surface area contributed by atoms with E-state index in [9.17, 15) is 13.2 Å². The van der Waals surface area contributed by atoms with E-state index in [1.807, 2.05) is 30.3 Å². The second kappa shape index (κ2) is 9.04. The number of benzene rings is 1. The normalized spacial score (nSPS) is 15.8. The van der Waals surface area contributed by atoms with Crippen molar-refractivity contribution >= 4 is 16.0 Å². The minimum Gasteiger partial charge on any atom is -0.460 e. The first-order valence-corrected chi connectivity index (χ1v) is 11.4. The third kappa shape index (κ3) is 4.71. The van der Waals surface area contributed by atoms with Crippen molar-refractivity contribution < 1.29 is 26.8 Å². The summed E-state index contributed by atoms with van der Waals surface area (Å²) in [5.41, 5.74) is 0.956. The predicted octanol–water partition coefficient (Wildman–Crippen LogP) is 2.62. The Bertz CT molecular complexity index is 1130. The number of aromatic nitrogens is 1. The molecule has 31 heavy (non-hydrogen) atoms. The van der Waals surface area contributed by atoms with E-state index in [1.54, 1.807) is 13.1 Å². The topological polar surface area (TPSA) is 106 Å². The molecule has 3 aromatic rings. The second-order valence-electron chi connectivity index (χ2n) is 7.00. The van der Waals surface area contributed by atoms with Crippen LogP contribution in [0.1, 0.15) is 23.4 Å². The van der Waals surface area contributed by atoms with Crippen molar-refractivity contribution in [2.75, 3.05) is 32.8 Å². The number of nitrogens with zero attached hydrogens (tertiary/aromatic N) is 3. The lowest BCUT2D eigenvalue weighted by Crippen LogP contribution is -2.48. The SMILES string of the molecule is CCOC(=O)c1ccc(S(=O)(=O)N2CCN(Cc3ncc(-c4ccccc4)o3)CC2)o1. The van der Waals surface area contributed by atoms with Gasteiger partial charge in [-0.15, -0.1) is 0 Å². The fraction of sp³-hybridized carbons (Fsp3) is 0.333. The van der Waals surface area contributed by atoms with Crippen LogP contribution in [0.3, 0.4) is 0 Å². The Morgan fingerprint density at radius 1 is 1.06 bits per heavy atom. The van der Waals surface area contributed by atoms with E-state index in [2.05, 4.69) is 9.88 Å². The van der Waals surface area contributed by atoms with Crippen LogP contribution in [0.5, 0.6) is 0 Å². The lowest BCUT2D eigenvalue weighted by molar-refractivity contribution is 0.0483. The highest BCUT2D eigenvalue weighted by molar-refractivity contribution is 7.89. The van der Waals surface area contributed by atoms with Crippen LogP contribution in [0.15, 0.2) is 62.6 Å². The molecule has 3 heterocycles. The van der Waals surface area contributed by atoms with Gasteiger partial charge in [0.1, 0.15) is 0 Å². The molecule has 1 fully saturated rings. The first kappa shape index (κ1) is 21.3. The number of hydrogen-bond acceptors (Lipinski definition) is 8. The third-order valence-electron chi connectivity index (χ3n) is 4.95. The molecule has 164 valence electrons. The minimum atomic E-state index is -3.82. The van der Waals surface area contributed by atoms with E-state index < -0.39 is 16.0 Å². The number of hydrogen-bond donors (Lipinski definition) is 0. The van der Waals surface area contributed by atoms with E-state index in [0.717, 1.165) is 5.56 Å². The molecule has 0 N–H and O–H groups in total. The number of carbonyl (C=O) groups is 1. The first-order chi connectivity index (χ1) is 15.0. The zero-order chi connectivity index (χ0) is 21.8. The summed E-state index contributed by atoms with van der Waals surface area (Å²) in [6, 6.07) is 12.3. The molecule has 1 aliphatic rings. The van der Waals surface area contributed by atoms with Gasteiger partial charge in [0.15, 0.2) is 5.76 Å². The summed E-state index contributed by atoms with van der Waals surface area (Å²) in [4.78, 5) is 18.1. The fourth-order valence-corrected chi connectivity index (χ4v) is 4.67. The molecule has 0 amide bonds. The lowest BCUT2D eigenvalue weighted by Gasteiger charge is -2.32. The Hall–Kier alpha value is -2.95. The highest BCUT2D eigenvalue weighted by Gasteiger charge is 2.32. The molecule has 10 heteroatoms. The summed E-state index contributed by atoms with van der Waals surface area (Å²) in [6.45, 7) is 3.98. The predicted molar refractivity (Wildman–Crippen MR) is 111 cm³/mol. The van der Waals surface area contributed by atoms with Gasteiger partial charge in [0, 0.05) is 31.7 Å². The van der Waals surface area contributed by atoms with Gasteiger partial charge < -0.3 is 13.6 Å². The fourth-order valence-electron chi connectivity index (χ4n) is 3.34. The van der Waals surface area contributed by atoms with Crippen LogP contribution >= 0.6 is 0 Å². The molecule has 0 radical (unpaired) electrons. The monoisotopic (exact) mass is 445 g/mol. The molecule has 1 saturated heterocycles. The highest BCUT2D eigenvalue weighted by Crippen LogP contribution is 2.23. The Kier molecular flexibility index (Phi) is 6.21. The third-order valence-corrected chi connectivity index (χ3v) is 6.73. The Balaban J connectivity index is 1.35. The maximum absolute atomic E-state index is 12.8. The van der Waals surface area contributed by atoms with Crippen molar-refractivity contribution in [2.24, 2.45) is 0 Å². The summed E-state index contributed by atoms with van der Waals surface area (Å²) in [7, 11) is -3.82. The summed E-state index contributed by atoms with van der Waals surface area (Å²) >= 11 is 0. The number of oxazole rings is 1. The number of sulfonamides is 1. The minimum absolute atomic E-state index is 0.128. The molecule has 1 aliphatic heterocycles. The number of rotatable bonds is 7. The molecule has 1 aromatic carbocycles. The molecule has 2 aromatic heterocycles. The Morgan fingerprint density at radius 2 is 1.81 bits per heavy atom. The number of piperazine rings is 1. The highest BCUT2D eigenvalue weighted by atomic mass is 32.2. The van der Waals surface area contributed by atoms with E-state index >= 15 is 0 Å². The summed E-state index contributed by atoms with van der Waals surface area (Å²) in [6.07, 6.45) is 1.70. The van der Waals surface area contributed by atoms with E-state index in [-0.39, 0.29) is 17.5 Å². The van der Waals surface area contributed by atoms with E-state index in [1.165, 1.54) is 16.4 Å². The summed E-state index contributed by atoms with van der Waals surface area (Å²) < 4.78 is 42.9. The van der Waals surface area contributed by atoms with E-state index in [4.69, 9.17) is 13.6 Å². The number of esters is 1.